The monoisotopic (exact) mass is 448 g/mol. The minimum atomic E-state index is -3.83. The molecule has 0 spiro atoms. The summed E-state index contributed by atoms with van der Waals surface area (Å²) in [6, 6.07) is 14.3. The molecular formula is C21H18Cl2N2O3S. The van der Waals surface area contributed by atoms with Crippen LogP contribution < -0.4 is 0 Å². The summed E-state index contributed by atoms with van der Waals surface area (Å²) >= 11 is 12.5. The number of benzene rings is 2. The Morgan fingerprint density at radius 2 is 1.76 bits per heavy atom. The SMILES string of the molecule is CC(=O)c1ccc(S(=O)(=O)N2CCn3cccc3C2c2ccc(Cl)cc2Cl)cc1. The first-order chi connectivity index (χ1) is 13.8. The Kier molecular flexibility index (Phi) is 5.29. The van der Waals surface area contributed by atoms with Crippen LogP contribution in [-0.4, -0.2) is 29.6 Å². The molecule has 0 bridgehead atoms. The summed E-state index contributed by atoms with van der Waals surface area (Å²) in [6.07, 6.45) is 1.93. The van der Waals surface area contributed by atoms with Crippen molar-refractivity contribution in [3.8, 4) is 0 Å². The first-order valence-corrected chi connectivity index (χ1v) is 11.2. The van der Waals surface area contributed by atoms with Gasteiger partial charge < -0.3 is 4.57 Å². The van der Waals surface area contributed by atoms with E-state index >= 15 is 0 Å². The number of ketones is 1. The largest absolute Gasteiger partial charge is 0.348 e. The van der Waals surface area contributed by atoms with Crippen LogP contribution in [0.1, 0.15) is 34.6 Å². The van der Waals surface area contributed by atoms with E-state index in [1.54, 1.807) is 18.2 Å². The molecule has 3 aromatic rings. The lowest BCUT2D eigenvalue weighted by molar-refractivity contribution is 0.101. The maximum Gasteiger partial charge on any atom is 0.244 e. The van der Waals surface area contributed by atoms with Crippen molar-refractivity contribution in [1.29, 1.82) is 0 Å². The fourth-order valence-corrected chi connectivity index (χ4v) is 5.74. The molecule has 0 N–H and O–H groups in total. The van der Waals surface area contributed by atoms with Gasteiger partial charge in [0.25, 0.3) is 0 Å². The van der Waals surface area contributed by atoms with E-state index in [0.717, 1.165) is 5.69 Å². The van der Waals surface area contributed by atoms with E-state index in [9.17, 15) is 13.2 Å². The van der Waals surface area contributed by atoms with Gasteiger partial charge in [0.2, 0.25) is 10.0 Å². The summed E-state index contributed by atoms with van der Waals surface area (Å²) in [5, 5.41) is 0.892. The Labute approximate surface area is 179 Å². The number of rotatable bonds is 4. The summed E-state index contributed by atoms with van der Waals surface area (Å²) < 4.78 is 30.5. The van der Waals surface area contributed by atoms with Crippen molar-refractivity contribution in [3.63, 3.8) is 0 Å². The summed E-state index contributed by atoms with van der Waals surface area (Å²) in [6.45, 7) is 2.28. The Balaban J connectivity index is 1.83. The Bertz CT molecular complexity index is 1190. The first kappa shape index (κ1) is 20.2. The number of carbonyl (C=O) groups excluding carboxylic acids is 1. The molecule has 1 atom stereocenters. The van der Waals surface area contributed by atoms with Crippen LogP contribution in [-0.2, 0) is 16.6 Å². The quantitative estimate of drug-likeness (QED) is 0.538. The third kappa shape index (κ3) is 3.62. The van der Waals surface area contributed by atoms with Crippen molar-refractivity contribution < 1.29 is 13.2 Å². The molecule has 1 aliphatic rings. The van der Waals surface area contributed by atoms with E-state index in [1.807, 2.05) is 22.9 Å². The molecule has 0 amide bonds. The van der Waals surface area contributed by atoms with Gasteiger partial charge in [-0.05, 0) is 48.9 Å². The maximum absolute atomic E-state index is 13.5. The summed E-state index contributed by atoms with van der Waals surface area (Å²) in [7, 11) is -3.83. The highest BCUT2D eigenvalue weighted by atomic mass is 35.5. The lowest BCUT2D eigenvalue weighted by Gasteiger charge is -2.36. The highest BCUT2D eigenvalue weighted by Crippen LogP contribution is 2.40. The third-order valence-electron chi connectivity index (χ3n) is 5.12. The zero-order valence-electron chi connectivity index (χ0n) is 15.5. The van der Waals surface area contributed by atoms with Gasteiger partial charge in [-0.1, -0.05) is 41.4 Å². The molecule has 2 aromatic carbocycles. The molecule has 1 aromatic heterocycles. The van der Waals surface area contributed by atoms with Crippen LogP contribution in [0.5, 0.6) is 0 Å². The van der Waals surface area contributed by atoms with Crippen LogP contribution in [0, 0.1) is 0 Å². The number of sulfonamides is 1. The predicted molar refractivity (Wildman–Crippen MR) is 113 cm³/mol. The number of halogens is 2. The summed E-state index contributed by atoms with van der Waals surface area (Å²) in [5.74, 6) is -0.115. The zero-order valence-corrected chi connectivity index (χ0v) is 17.9. The third-order valence-corrected chi connectivity index (χ3v) is 7.56. The normalized spacial score (nSPS) is 17.1. The lowest BCUT2D eigenvalue weighted by Crippen LogP contribution is -2.42. The number of Topliss-reactive ketones (excluding diaryl/α,β-unsaturated/α-hetero) is 1. The molecule has 5 nitrogen and oxygen atoms in total. The lowest BCUT2D eigenvalue weighted by atomic mass is 10.0. The molecule has 1 unspecified atom stereocenters. The molecule has 0 aliphatic carbocycles. The highest BCUT2D eigenvalue weighted by molar-refractivity contribution is 7.89. The van der Waals surface area contributed by atoms with Crippen LogP contribution in [0.2, 0.25) is 10.0 Å². The van der Waals surface area contributed by atoms with Gasteiger partial charge in [-0.2, -0.15) is 4.31 Å². The topological polar surface area (TPSA) is 59.4 Å². The van der Waals surface area contributed by atoms with Gasteiger partial charge in [-0.3, -0.25) is 4.79 Å². The van der Waals surface area contributed by atoms with E-state index in [0.29, 0.717) is 34.3 Å². The Hall–Kier alpha value is -2.12. The number of aromatic nitrogens is 1. The molecule has 29 heavy (non-hydrogen) atoms. The van der Waals surface area contributed by atoms with Crippen LogP contribution >= 0.6 is 23.2 Å². The van der Waals surface area contributed by atoms with Crippen molar-refractivity contribution in [2.75, 3.05) is 6.54 Å². The average molecular weight is 449 g/mol. The molecular weight excluding hydrogens is 431 g/mol. The smallest absolute Gasteiger partial charge is 0.244 e. The van der Waals surface area contributed by atoms with E-state index in [4.69, 9.17) is 23.2 Å². The zero-order chi connectivity index (χ0) is 20.8. The predicted octanol–water partition coefficient (Wildman–Crippen LogP) is 4.79. The molecule has 0 saturated carbocycles. The Morgan fingerprint density at radius 1 is 1.03 bits per heavy atom. The summed E-state index contributed by atoms with van der Waals surface area (Å²) in [4.78, 5) is 11.7. The second-order valence-corrected chi connectivity index (χ2v) is 9.63. The molecule has 4 rings (SSSR count). The summed E-state index contributed by atoms with van der Waals surface area (Å²) in [5.41, 5.74) is 1.97. The van der Waals surface area contributed by atoms with Gasteiger partial charge in [0.15, 0.2) is 5.78 Å². The van der Waals surface area contributed by atoms with Gasteiger partial charge in [0.05, 0.1) is 10.9 Å². The van der Waals surface area contributed by atoms with Gasteiger partial charge >= 0.3 is 0 Å². The van der Waals surface area contributed by atoms with E-state index in [2.05, 4.69) is 0 Å². The minimum Gasteiger partial charge on any atom is -0.348 e. The maximum atomic E-state index is 13.5. The van der Waals surface area contributed by atoms with Crippen molar-refractivity contribution in [2.24, 2.45) is 0 Å². The first-order valence-electron chi connectivity index (χ1n) is 9.02. The van der Waals surface area contributed by atoms with Crippen LogP contribution in [0.3, 0.4) is 0 Å². The average Bonchev–Trinajstić information content (AvgIpc) is 3.16. The standard InChI is InChI=1S/C21H18Cl2N2O3S/c1-14(26)15-4-7-17(8-5-15)29(27,28)25-12-11-24-10-2-3-20(24)21(25)18-9-6-16(22)13-19(18)23/h2-10,13,21H,11-12H2,1H3. The second kappa shape index (κ2) is 7.61. The number of carbonyl (C=O) groups is 1. The molecule has 150 valence electrons. The van der Waals surface area contributed by atoms with Crippen molar-refractivity contribution in [2.45, 2.75) is 24.4 Å². The van der Waals surface area contributed by atoms with Crippen LogP contribution in [0.4, 0.5) is 0 Å². The van der Waals surface area contributed by atoms with E-state index < -0.39 is 16.1 Å². The molecule has 1 aliphatic heterocycles. The molecule has 0 fully saturated rings. The van der Waals surface area contributed by atoms with Crippen molar-refractivity contribution in [1.82, 2.24) is 8.87 Å². The van der Waals surface area contributed by atoms with Gasteiger partial charge in [-0.15, -0.1) is 0 Å². The Morgan fingerprint density at radius 3 is 2.41 bits per heavy atom. The van der Waals surface area contributed by atoms with E-state index in [-0.39, 0.29) is 10.7 Å². The van der Waals surface area contributed by atoms with Crippen LogP contribution in [0.25, 0.3) is 0 Å². The minimum absolute atomic E-state index is 0.115. The van der Waals surface area contributed by atoms with E-state index in [1.165, 1.54) is 35.5 Å². The number of hydrogen-bond donors (Lipinski definition) is 0. The number of nitrogens with zero attached hydrogens (tertiary/aromatic N) is 2. The van der Waals surface area contributed by atoms with Crippen LogP contribution in [0.15, 0.2) is 65.7 Å². The van der Waals surface area contributed by atoms with Gasteiger partial charge in [0, 0.05) is 40.6 Å². The molecule has 0 saturated heterocycles. The number of fused-ring (bicyclic) bond motifs is 1. The highest BCUT2D eigenvalue weighted by Gasteiger charge is 2.38. The fraction of sp³-hybridized carbons (Fsp3) is 0.190. The molecule has 0 radical (unpaired) electrons. The molecule has 8 heteroatoms. The van der Waals surface area contributed by atoms with Crippen molar-refractivity contribution >= 4 is 39.0 Å². The molecule has 2 heterocycles. The van der Waals surface area contributed by atoms with Gasteiger partial charge in [0.1, 0.15) is 0 Å². The van der Waals surface area contributed by atoms with Crippen molar-refractivity contribution in [3.05, 3.63) is 87.7 Å². The second-order valence-electron chi connectivity index (χ2n) is 6.89. The number of hydrogen-bond acceptors (Lipinski definition) is 3. The van der Waals surface area contributed by atoms with Gasteiger partial charge in [-0.25, -0.2) is 8.42 Å². The fourth-order valence-electron chi connectivity index (χ4n) is 3.66.